The lowest BCUT2D eigenvalue weighted by Gasteiger charge is -2.43. The van der Waals surface area contributed by atoms with Gasteiger partial charge in [-0.2, -0.15) is 0 Å². The van der Waals surface area contributed by atoms with Gasteiger partial charge in [0.05, 0.1) is 0 Å². The van der Waals surface area contributed by atoms with Gasteiger partial charge in [0, 0.05) is 5.92 Å². The van der Waals surface area contributed by atoms with Crippen LogP contribution in [-0.2, 0) is 0 Å². The molecule has 0 aliphatic heterocycles. The van der Waals surface area contributed by atoms with Gasteiger partial charge in [0.25, 0.3) is 0 Å². The predicted molar refractivity (Wildman–Crippen MR) is 124 cm³/mol. The maximum atomic E-state index is 15.1. The summed E-state index contributed by atoms with van der Waals surface area (Å²) >= 11 is 0. The molecule has 0 amide bonds. The van der Waals surface area contributed by atoms with Crippen LogP contribution < -0.4 is 0 Å². The third-order valence-corrected chi connectivity index (χ3v) is 8.51. The summed E-state index contributed by atoms with van der Waals surface area (Å²) in [5, 5.41) is 0. The first-order valence-corrected chi connectivity index (χ1v) is 12.9. The molecule has 0 radical (unpaired) electrons. The van der Waals surface area contributed by atoms with Crippen LogP contribution in [0.1, 0.15) is 102 Å². The Bertz CT molecular complexity index is 596. The van der Waals surface area contributed by atoms with Crippen LogP contribution in [0.3, 0.4) is 0 Å². The molecule has 4 rings (SSSR count). The zero-order valence-electron chi connectivity index (χ0n) is 19.8. The number of benzene rings is 1. The van der Waals surface area contributed by atoms with Gasteiger partial charge in [-0.25, -0.2) is 8.78 Å². The molecule has 0 spiro atoms. The highest BCUT2D eigenvalue weighted by molar-refractivity contribution is 5.27. The van der Waals surface area contributed by atoms with Gasteiger partial charge in [0.1, 0.15) is 12.3 Å². The highest BCUT2D eigenvalue weighted by Crippen LogP contribution is 2.48. The normalized spacial score (nSPS) is 39.7. The summed E-state index contributed by atoms with van der Waals surface area (Å²) in [6, 6.07) is 7.81. The van der Waals surface area contributed by atoms with Gasteiger partial charge in [0.15, 0.2) is 0 Å². The summed E-state index contributed by atoms with van der Waals surface area (Å²) in [4.78, 5) is 0. The van der Waals surface area contributed by atoms with E-state index < -0.39 is 18.3 Å². The van der Waals surface area contributed by atoms with Crippen molar-refractivity contribution >= 4 is 0 Å². The van der Waals surface area contributed by atoms with E-state index in [1.54, 1.807) is 0 Å². The molecule has 0 aromatic heterocycles. The van der Waals surface area contributed by atoms with Crippen LogP contribution in [0.2, 0.25) is 0 Å². The molecule has 1 aromatic carbocycles. The number of alkyl halides is 2. The number of rotatable bonds is 3. The van der Waals surface area contributed by atoms with Crippen molar-refractivity contribution in [3.63, 3.8) is 0 Å². The van der Waals surface area contributed by atoms with Gasteiger partial charge in [-0.05, 0) is 93.4 Å². The monoisotopic (exact) mass is 418 g/mol. The third-order valence-electron chi connectivity index (χ3n) is 8.51. The number of aryl methyl sites for hydroxylation is 1. The molecular weight excluding hydrogens is 374 g/mol. The fourth-order valence-electron chi connectivity index (χ4n) is 6.63. The molecule has 2 atom stereocenters. The van der Waals surface area contributed by atoms with Crippen molar-refractivity contribution in [2.75, 3.05) is 0 Å². The van der Waals surface area contributed by atoms with Gasteiger partial charge in [-0.3, -0.25) is 0 Å². The second-order valence-electron chi connectivity index (χ2n) is 10.4. The molecule has 0 heterocycles. The molecule has 3 saturated carbocycles. The van der Waals surface area contributed by atoms with E-state index in [1.165, 1.54) is 51.4 Å². The summed E-state index contributed by atoms with van der Waals surface area (Å²) in [6.45, 7) is 8.41. The molecule has 3 fully saturated rings. The summed E-state index contributed by atoms with van der Waals surface area (Å²) in [5.74, 6) is 2.97. The first-order chi connectivity index (χ1) is 14.5. The molecule has 2 unspecified atom stereocenters. The molecular formula is C28H44F2. The molecule has 0 bridgehead atoms. The minimum absolute atomic E-state index is 0.249. The van der Waals surface area contributed by atoms with Crippen molar-refractivity contribution in [3.8, 4) is 0 Å². The third kappa shape index (κ3) is 5.65. The molecule has 3 aliphatic carbocycles. The fraction of sp³-hybridized carbons (Fsp3) is 0.786. The van der Waals surface area contributed by atoms with Crippen LogP contribution in [0.25, 0.3) is 0 Å². The topological polar surface area (TPSA) is 0 Å². The van der Waals surface area contributed by atoms with Crippen LogP contribution in [0.4, 0.5) is 8.78 Å². The lowest BCUT2D eigenvalue weighted by atomic mass is 9.64. The Hall–Kier alpha value is -0.920. The Morgan fingerprint density at radius 2 is 1.03 bits per heavy atom. The van der Waals surface area contributed by atoms with E-state index in [1.807, 2.05) is 45.0 Å². The fourth-order valence-corrected chi connectivity index (χ4v) is 6.63. The van der Waals surface area contributed by atoms with E-state index >= 15 is 8.78 Å². The molecule has 170 valence electrons. The summed E-state index contributed by atoms with van der Waals surface area (Å²) in [7, 11) is 0. The molecule has 1 aromatic rings. The second kappa shape index (κ2) is 11.1. The summed E-state index contributed by atoms with van der Waals surface area (Å²) in [5.41, 5.74) is 1.99. The average molecular weight is 419 g/mol. The maximum Gasteiger partial charge on any atom is 0.110 e. The van der Waals surface area contributed by atoms with Crippen LogP contribution in [0.5, 0.6) is 0 Å². The standard InChI is InChI=1S/C26H38F2.C2H6/c1-17-3-7-19(8-4-17)20-11-13-21(14-12-20)23-15-24(27)26(25(28)16-23)22-9-5-18(2)6-10-22;1-2/h5-6,9-10,17,19-21,23-26H,3-4,7-8,11-16H2,1-2H3;1-2H3. The SMILES string of the molecule is CC.Cc1ccc(C2C(F)CC(C3CCC(C4CCC(C)CC4)CC3)CC2F)cc1. The average Bonchev–Trinajstić information content (AvgIpc) is 2.77. The van der Waals surface area contributed by atoms with E-state index in [0.29, 0.717) is 18.8 Å². The lowest BCUT2D eigenvalue weighted by Crippen LogP contribution is -2.38. The van der Waals surface area contributed by atoms with Crippen molar-refractivity contribution in [1.82, 2.24) is 0 Å². The Morgan fingerprint density at radius 3 is 1.50 bits per heavy atom. The van der Waals surface area contributed by atoms with Crippen molar-refractivity contribution in [1.29, 1.82) is 0 Å². The van der Waals surface area contributed by atoms with Crippen molar-refractivity contribution in [2.24, 2.45) is 29.6 Å². The van der Waals surface area contributed by atoms with Gasteiger partial charge >= 0.3 is 0 Å². The van der Waals surface area contributed by atoms with Crippen LogP contribution in [0.15, 0.2) is 24.3 Å². The van der Waals surface area contributed by atoms with E-state index in [-0.39, 0.29) is 5.92 Å². The van der Waals surface area contributed by atoms with Crippen LogP contribution in [0, 0.1) is 36.5 Å². The van der Waals surface area contributed by atoms with Crippen molar-refractivity contribution in [3.05, 3.63) is 35.4 Å². The number of halogens is 2. The summed E-state index contributed by atoms with van der Waals surface area (Å²) in [6.07, 6.45) is 9.71. The molecule has 3 aliphatic rings. The van der Waals surface area contributed by atoms with Crippen molar-refractivity contribution < 1.29 is 8.78 Å². The van der Waals surface area contributed by atoms with Crippen LogP contribution in [-0.4, -0.2) is 12.3 Å². The molecule has 30 heavy (non-hydrogen) atoms. The first kappa shape index (κ1) is 23.7. The first-order valence-electron chi connectivity index (χ1n) is 12.9. The Morgan fingerprint density at radius 1 is 0.633 bits per heavy atom. The van der Waals surface area contributed by atoms with E-state index in [4.69, 9.17) is 0 Å². The zero-order valence-corrected chi connectivity index (χ0v) is 19.8. The molecule has 2 heteroatoms. The van der Waals surface area contributed by atoms with Gasteiger partial charge in [-0.15, -0.1) is 0 Å². The largest absolute Gasteiger partial charge is 0.247 e. The number of hydrogen-bond donors (Lipinski definition) is 0. The van der Waals surface area contributed by atoms with Gasteiger partial charge in [0.2, 0.25) is 0 Å². The Kier molecular flexibility index (Phi) is 8.78. The maximum absolute atomic E-state index is 15.1. The highest BCUT2D eigenvalue weighted by Gasteiger charge is 2.43. The van der Waals surface area contributed by atoms with E-state index in [2.05, 4.69) is 6.92 Å². The zero-order chi connectivity index (χ0) is 21.7. The highest BCUT2D eigenvalue weighted by atomic mass is 19.1. The van der Waals surface area contributed by atoms with E-state index in [0.717, 1.165) is 28.9 Å². The van der Waals surface area contributed by atoms with E-state index in [9.17, 15) is 0 Å². The quantitative estimate of drug-likeness (QED) is 0.460. The smallest absolute Gasteiger partial charge is 0.110 e. The molecule has 0 N–H and O–H groups in total. The van der Waals surface area contributed by atoms with Crippen molar-refractivity contribution in [2.45, 2.75) is 110 Å². The van der Waals surface area contributed by atoms with Crippen LogP contribution >= 0.6 is 0 Å². The minimum atomic E-state index is -1.03. The minimum Gasteiger partial charge on any atom is -0.247 e. The lowest BCUT2D eigenvalue weighted by molar-refractivity contribution is 0.0400. The number of hydrogen-bond acceptors (Lipinski definition) is 0. The Balaban J connectivity index is 0.00000124. The van der Waals surface area contributed by atoms with Gasteiger partial charge < -0.3 is 0 Å². The summed E-state index contributed by atoms with van der Waals surface area (Å²) < 4.78 is 30.1. The second-order valence-corrected chi connectivity index (χ2v) is 10.4. The Labute approximate surface area is 184 Å². The molecule has 0 saturated heterocycles. The predicted octanol–water partition coefficient (Wildman–Crippen LogP) is 8.82. The van der Waals surface area contributed by atoms with Gasteiger partial charge in [-0.1, -0.05) is 63.4 Å². The molecule has 0 nitrogen and oxygen atoms in total.